The van der Waals surface area contributed by atoms with Crippen LogP contribution in [0.1, 0.15) is 24.8 Å². The normalized spacial score (nSPS) is 19.6. The second-order valence-corrected chi connectivity index (χ2v) is 4.46. The van der Waals surface area contributed by atoms with Crippen molar-refractivity contribution in [2.75, 3.05) is 6.54 Å². The van der Waals surface area contributed by atoms with Crippen molar-refractivity contribution in [1.82, 2.24) is 10.6 Å². The zero-order valence-corrected chi connectivity index (χ0v) is 10.0. The molecule has 0 unspecified atom stereocenters. The predicted octanol–water partition coefficient (Wildman–Crippen LogP) is 1.72. The van der Waals surface area contributed by atoms with Crippen molar-refractivity contribution in [3.63, 3.8) is 0 Å². The fourth-order valence-corrected chi connectivity index (χ4v) is 2.06. The van der Waals surface area contributed by atoms with Crippen LogP contribution in [0.25, 0.3) is 0 Å². The third kappa shape index (κ3) is 3.26. The van der Waals surface area contributed by atoms with Gasteiger partial charge in [-0.25, -0.2) is 8.78 Å². The lowest BCUT2D eigenvalue weighted by atomic mass is 10.0. The molecule has 2 N–H and O–H groups in total. The van der Waals surface area contributed by atoms with Gasteiger partial charge in [0.15, 0.2) is 0 Å². The minimum absolute atomic E-state index is 0.0145. The van der Waals surface area contributed by atoms with Crippen LogP contribution in [-0.4, -0.2) is 18.5 Å². The Hall–Kier alpha value is -1.49. The molecule has 1 fully saturated rings. The molecule has 0 saturated carbocycles. The SMILES string of the molecule is O=C(NCc1cc(F)ccc1F)[C@H]1CCCCN1. The Labute approximate surface area is 105 Å². The van der Waals surface area contributed by atoms with Crippen molar-refractivity contribution in [3.05, 3.63) is 35.4 Å². The topological polar surface area (TPSA) is 41.1 Å². The highest BCUT2D eigenvalue weighted by atomic mass is 19.1. The summed E-state index contributed by atoms with van der Waals surface area (Å²) in [5, 5.41) is 5.73. The lowest BCUT2D eigenvalue weighted by Gasteiger charge is -2.22. The third-order valence-corrected chi connectivity index (χ3v) is 3.09. The summed E-state index contributed by atoms with van der Waals surface area (Å²) in [5.74, 6) is -1.16. The first-order valence-corrected chi connectivity index (χ1v) is 6.12. The van der Waals surface area contributed by atoms with Crippen molar-refractivity contribution in [3.8, 4) is 0 Å². The number of hydrogen-bond acceptors (Lipinski definition) is 2. The fourth-order valence-electron chi connectivity index (χ4n) is 2.06. The summed E-state index contributed by atoms with van der Waals surface area (Å²) in [6.07, 6.45) is 2.87. The minimum Gasteiger partial charge on any atom is -0.351 e. The number of carbonyl (C=O) groups is 1. The maximum Gasteiger partial charge on any atom is 0.237 e. The number of amides is 1. The second kappa shape index (κ2) is 5.91. The van der Waals surface area contributed by atoms with Gasteiger partial charge in [0, 0.05) is 12.1 Å². The molecule has 1 heterocycles. The molecule has 1 aliphatic rings. The zero-order valence-electron chi connectivity index (χ0n) is 10.0. The number of hydrogen-bond donors (Lipinski definition) is 2. The first-order valence-electron chi connectivity index (χ1n) is 6.12. The molecule has 1 aliphatic heterocycles. The molecule has 0 bridgehead atoms. The molecule has 0 radical (unpaired) electrons. The number of rotatable bonds is 3. The summed E-state index contributed by atoms with van der Waals surface area (Å²) < 4.78 is 26.3. The van der Waals surface area contributed by atoms with E-state index in [-0.39, 0.29) is 24.1 Å². The van der Waals surface area contributed by atoms with E-state index in [1.54, 1.807) is 0 Å². The molecule has 5 heteroatoms. The number of carbonyl (C=O) groups excluding carboxylic acids is 1. The van der Waals surface area contributed by atoms with Crippen LogP contribution < -0.4 is 10.6 Å². The van der Waals surface area contributed by atoms with E-state index in [0.717, 1.165) is 44.0 Å². The highest BCUT2D eigenvalue weighted by molar-refractivity contribution is 5.81. The predicted molar refractivity (Wildman–Crippen MR) is 63.8 cm³/mol. The number of nitrogens with one attached hydrogen (secondary N) is 2. The van der Waals surface area contributed by atoms with Crippen LogP contribution in [0.3, 0.4) is 0 Å². The maximum absolute atomic E-state index is 13.3. The summed E-state index contributed by atoms with van der Waals surface area (Å²) in [6.45, 7) is 0.840. The molecule has 3 nitrogen and oxygen atoms in total. The van der Waals surface area contributed by atoms with Crippen molar-refractivity contribution in [1.29, 1.82) is 0 Å². The average Bonchev–Trinajstić information content (AvgIpc) is 2.40. The Morgan fingerprint density at radius 2 is 2.22 bits per heavy atom. The van der Waals surface area contributed by atoms with Gasteiger partial charge in [0.05, 0.1) is 6.04 Å². The van der Waals surface area contributed by atoms with Gasteiger partial charge in [-0.2, -0.15) is 0 Å². The smallest absolute Gasteiger partial charge is 0.237 e. The molecule has 1 amide bonds. The Morgan fingerprint density at radius 1 is 1.39 bits per heavy atom. The van der Waals surface area contributed by atoms with Crippen LogP contribution in [0.15, 0.2) is 18.2 Å². The van der Waals surface area contributed by atoms with E-state index < -0.39 is 11.6 Å². The number of benzene rings is 1. The Morgan fingerprint density at radius 3 is 2.94 bits per heavy atom. The first kappa shape index (κ1) is 13.0. The number of piperidine rings is 1. The largest absolute Gasteiger partial charge is 0.351 e. The summed E-state index contributed by atoms with van der Waals surface area (Å²) in [5.41, 5.74) is 0.166. The summed E-state index contributed by atoms with van der Waals surface area (Å²) in [6, 6.07) is 3.01. The van der Waals surface area contributed by atoms with Gasteiger partial charge in [-0.1, -0.05) is 6.42 Å². The summed E-state index contributed by atoms with van der Waals surface area (Å²) in [7, 11) is 0. The molecule has 0 aromatic heterocycles. The lowest BCUT2D eigenvalue weighted by Crippen LogP contribution is -2.46. The standard InChI is InChI=1S/C13H16F2N2O/c14-10-4-5-11(15)9(7-10)8-17-13(18)12-3-1-2-6-16-12/h4-5,7,12,16H,1-3,6,8H2,(H,17,18)/t12-/m1/s1. The Bertz CT molecular complexity index is 431. The second-order valence-electron chi connectivity index (χ2n) is 4.46. The van der Waals surface area contributed by atoms with Crippen LogP contribution in [-0.2, 0) is 11.3 Å². The lowest BCUT2D eigenvalue weighted by molar-refractivity contribution is -0.123. The van der Waals surface area contributed by atoms with Gasteiger partial charge in [-0.15, -0.1) is 0 Å². The van der Waals surface area contributed by atoms with Crippen LogP contribution >= 0.6 is 0 Å². The fraction of sp³-hybridized carbons (Fsp3) is 0.462. The third-order valence-electron chi connectivity index (χ3n) is 3.09. The molecule has 2 rings (SSSR count). The van der Waals surface area contributed by atoms with Crippen LogP contribution in [0.4, 0.5) is 8.78 Å². The van der Waals surface area contributed by atoms with Gasteiger partial charge < -0.3 is 10.6 Å². The summed E-state index contributed by atoms with van der Waals surface area (Å²) >= 11 is 0. The molecule has 1 aromatic rings. The quantitative estimate of drug-likeness (QED) is 0.862. The van der Waals surface area contributed by atoms with Gasteiger partial charge in [-0.05, 0) is 37.6 Å². The minimum atomic E-state index is -0.506. The highest BCUT2D eigenvalue weighted by Crippen LogP contribution is 2.10. The van der Waals surface area contributed by atoms with Crippen LogP contribution in [0.5, 0.6) is 0 Å². The number of halogens is 2. The molecular formula is C13H16F2N2O. The van der Waals surface area contributed by atoms with E-state index in [9.17, 15) is 13.6 Å². The first-order chi connectivity index (χ1) is 8.66. The van der Waals surface area contributed by atoms with Gasteiger partial charge in [0.25, 0.3) is 0 Å². The maximum atomic E-state index is 13.3. The molecule has 1 atom stereocenters. The molecule has 98 valence electrons. The van der Waals surface area contributed by atoms with E-state index in [1.807, 2.05) is 0 Å². The monoisotopic (exact) mass is 254 g/mol. The molecule has 0 aliphatic carbocycles. The van der Waals surface area contributed by atoms with Crippen LogP contribution in [0, 0.1) is 11.6 Å². The van der Waals surface area contributed by atoms with E-state index in [1.165, 1.54) is 0 Å². The van der Waals surface area contributed by atoms with E-state index in [2.05, 4.69) is 10.6 Å². The van der Waals surface area contributed by atoms with Gasteiger partial charge in [0.1, 0.15) is 11.6 Å². The van der Waals surface area contributed by atoms with Gasteiger partial charge >= 0.3 is 0 Å². The molecule has 18 heavy (non-hydrogen) atoms. The average molecular weight is 254 g/mol. The molecule has 1 saturated heterocycles. The molecule has 0 spiro atoms. The van der Waals surface area contributed by atoms with Crippen molar-refractivity contribution < 1.29 is 13.6 Å². The van der Waals surface area contributed by atoms with Gasteiger partial charge in [-0.3, -0.25) is 4.79 Å². The van der Waals surface area contributed by atoms with E-state index in [0.29, 0.717) is 0 Å². The van der Waals surface area contributed by atoms with Gasteiger partial charge in [0.2, 0.25) is 5.91 Å². The van der Waals surface area contributed by atoms with Crippen molar-refractivity contribution in [2.45, 2.75) is 31.8 Å². The highest BCUT2D eigenvalue weighted by Gasteiger charge is 2.20. The van der Waals surface area contributed by atoms with E-state index >= 15 is 0 Å². The van der Waals surface area contributed by atoms with Crippen molar-refractivity contribution in [2.24, 2.45) is 0 Å². The Balaban J connectivity index is 1.90. The zero-order chi connectivity index (χ0) is 13.0. The summed E-state index contributed by atoms with van der Waals surface area (Å²) in [4.78, 5) is 11.8. The van der Waals surface area contributed by atoms with Crippen LogP contribution in [0.2, 0.25) is 0 Å². The Kier molecular flexibility index (Phi) is 4.25. The molecular weight excluding hydrogens is 238 g/mol. The molecule has 1 aromatic carbocycles. The van der Waals surface area contributed by atoms with E-state index in [4.69, 9.17) is 0 Å². The van der Waals surface area contributed by atoms with Crippen molar-refractivity contribution >= 4 is 5.91 Å².